The van der Waals surface area contributed by atoms with Gasteiger partial charge in [-0.15, -0.1) is 0 Å². The third-order valence-corrected chi connectivity index (χ3v) is 3.59. The van der Waals surface area contributed by atoms with Crippen molar-refractivity contribution in [3.63, 3.8) is 0 Å². The van der Waals surface area contributed by atoms with Gasteiger partial charge >= 0.3 is 12.2 Å². The molecule has 3 N–H and O–H groups in total. The molecule has 2 amide bonds. The van der Waals surface area contributed by atoms with E-state index in [-0.39, 0.29) is 18.7 Å². The molecule has 0 saturated heterocycles. The Bertz CT molecular complexity index is 741. The Balaban J connectivity index is 1.84. The van der Waals surface area contributed by atoms with E-state index in [2.05, 4.69) is 10.6 Å². The smallest absolute Gasteiger partial charge is 0.416 e. The third kappa shape index (κ3) is 5.25. The topological polar surface area (TPSA) is 74.5 Å². The number of nitrogens with one attached hydrogen (secondary N) is 2. The standard InChI is InChI=1S/C17H19F3N2O3/c1-10-8-14(11(2)25-10)15(23)6-7-21-16(24)22-13-5-3-4-12(9-13)17(18,19)20/h3-5,8-9,15,23H,6-7H2,1-2H3,(H2,21,22,24). The molecule has 0 aliphatic heterocycles. The quantitative estimate of drug-likeness (QED) is 0.753. The maximum atomic E-state index is 12.6. The molecule has 2 aromatic rings. The van der Waals surface area contributed by atoms with Crippen LogP contribution in [0.4, 0.5) is 23.7 Å². The number of hydrogen-bond donors (Lipinski definition) is 3. The van der Waals surface area contributed by atoms with Crippen LogP contribution >= 0.6 is 0 Å². The molecular weight excluding hydrogens is 337 g/mol. The Hall–Kier alpha value is -2.48. The van der Waals surface area contributed by atoms with E-state index in [1.165, 1.54) is 12.1 Å². The van der Waals surface area contributed by atoms with Crippen LogP contribution < -0.4 is 10.6 Å². The number of urea groups is 1. The zero-order valence-electron chi connectivity index (χ0n) is 13.8. The number of aryl methyl sites for hydroxylation is 2. The summed E-state index contributed by atoms with van der Waals surface area (Å²) in [7, 11) is 0. The lowest BCUT2D eigenvalue weighted by Crippen LogP contribution is -2.30. The maximum Gasteiger partial charge on any atom is 0.416 e. The molecule has 1 heterocycles. The van der Waals surface area contributed by atoms with Crippen molar-refractivity contribution in [2.24, 2.45) is 0 Å². The number of carbonyl (C=O) groups is 1. The van der Waals surface area contributed by atoms with Gasteiger partial charge in [0.05, 0.1) is 11.7 Å². The molecule has 0 spiro atoms. The highest BCUT2D eigenvalue weighted by Gasteiger charge is 2.30. The van der Waals surface area contributed by atoms with Crippen LogP contribution in [-0.4, -0.2) is 17.7 Å². The van der Waals surface area contributed by atoms with Crippen LogP contribution in [0.15, 0.2) is 34.7 Å². The minimum Gasteiger partial charge on any atom is -0.466 e. The third-order valence-electron chi connectivity index (χ3n) is 3.59. The zero-order chi connectivity index (χ0) is 18.6. The van der Waals surface area contributed by atoms with Gasteiger partial charge in [0.15, 0.2) is 0 Å². The van der Waals surface area contributed by atoms with E-state index in [9.17, 15) is 23.1 Å². The van der Waals surface area contributed by atoms with E-state index in [0.717, 1.165) is 12.1 Å². The van der Waals surface area contributed by atoms with Crippen LogP contribution in [0.1, 0.15) is 35.2 Å². The Morgan fingerprint density at radius 3 is 2.60 bits per heavy atom. The molecule has 1 aromatic carbocycles. The highest BCUT2D eigenvalue weighted by molar-refractivity contribution is 5.89. The number of halogens is 3. The first-order valence-corrected chi connectivity index (χ1v) is 7.64. The Labute approximate surface area is 142 Å². The van der Waals surface area contributed by atoms with Gasteiger partial charge < -0.3 is 20.2 Å². The minimum absolute atomic E-state index is 0.0363. The number of hydrogen-bond acceptors (Lipinski definition) is 3. The van der Waals surface area contributed by atoms with Crippen molar-refractivity contribution in [2.45, 2.75) is 32.5 Å². The largest absolute Gasteiger partial charge is 0.466 e. The van der Waals surface area contributed by atoms with Gasteiger partial charge in [0.2, 0.25) is 0 Å². The fourth-order valence-corrected chi connectivity index (χ4v) is 2.41. The SMILES string of the molecule is Cc1cc(C(O)CCNC(=O)Nc2cccc(C(F)(F)F)c2)c(C)o1. The molecule has 1 aromatic heterocycles. The number of aliphatic hydroxyl groups excluding tert-OH is 1. The first-order chi connectivity index (χ1) is 11.7. The zero-order valence-corrected chi connectivity index (χ0v) is 13.8. The van der Waals surface area contributed by atoms with Crippen LogP contribution in [0.2, 0.25) is 0 Å². The highest BCUT2D eigenvalue weighted by atomic mass is 19.4. The summed E-state index contributed by atoms with van der Waals surface area (Å²) in [5.41, 5.74) is -0.154. The number of furan rings is 1. The Morgan fingerprint density at radius 2 is 2.00 bits per heavy atom. The molecule has 0 aliphatic carbocycles. The Kier molecular flexibility index (Phi) is 5.73. The van der Waals surface area contributed by atoms with E-state index in [1.807, 2.05) is 0 Å². The van der Waals surface area contributed by atoms with Crippen molar-refractivity contribution < 1.29 is 27.5 Å². The van der Waals surface area contributed by atoms with Crippen molar-refractivity contribution in [2.75, 3.05) is 11.9 Å². The molecule has 0 bridgehead atoms. The molecule has 2 rings (SSSR count). The lowest BCUT2D eigenvalue weighted by molar-refractivity contribution is -0.137. The summed E-state index contributed by atoms with van der Waals surface area (Å²) in [4.78, 5) is 11.8. The fourth-order valence-electron chi connectivity index (χ4n) is 2.41. The number of carbonyl (C=O) groups excluding carboxylic acids is 1. The minimum atomic E-state index is -4.47. The summed E-state index contributed by atoms with van der Waals surface area (Å²) in [6.07, 6.45) is -5.03. The molecule has 1 unspecified atom stereocenters. The van der Waals surface area contributed by atoms with Gasteiger partial charge in [0.1, 0.15) is 11.5 Å². The highest BCUT2D eigenvalue weighted by Crippen LogP contribution is 2.30. The summed E-state index contributed by atoms with van der Waals surface area (Å²) >= 11 is 0. The predicted octanol–water partition coefficient (Wildman–Crippen LogP) is 4.16. The van der Waals surface area contributed by atoms with Crippen molar-refractivity contribution in [1.82, 2.24) is 5.32 Å². The summed E-state index contributed by atoms with van der Waals surface area (Å²) in [5.74, 6) is 1.29. The van der Waals surface area contributed by atoms with Gasteiger partial charge in [-0.25, -0.2) is 4.79 Å². The molecule has 0 radical (unpaired) electrons. The van der Waals surface area contributed by atoms with E-state index < -0.39 is 23.9 Å². The maximum absolute atomic E-state index is 12.6. The van der Waals surface area contributed by atoms with Crippen LogP contribution in [0.25, 0.3) is 0 Å². The first kappa shape index (κ1) is 18.9. The second-order valence-corrected chi connectivity index (χ2v) is 5.63. The van der Waals surface area contributed by atoms with E-state index in [1.54, 1.807) is 19.9 Å². The number of alkyl halides is 3. The normalized spacial score (nSPS) is 12.7. The Morgan fingerprint density at radius 1 is 1.28 bits per heavy atom. The molecule has 0 saturated carbocycles. The summed E-state index contributed by atoms with van der Waals surface area (Å²) in [6, 6.07) is 5.43. The molecule has 0 fully saturated rings. The lowest BCUT2D eigenvalue weighted by Gasteiger charge is -2.12. The molecular formula is C17H19F3N2O3. The van der Waals surface area contributed by atoms with E-state index in [0.29, 0.717) is 17.1 Å². The first-order valence-electron chi connectivity index (χ1n) is 7.64. The second-order valence-electron chi connectivity index (χ2n) is 5.63. The number of rotatable bonds is 5. The number of benzene rings is 1. The van der Waals surface area contributed by atoms with Gasteiger partial charge in [0, 0.05) is 17.8 Å². The number of amides is 2. The van der Waals surface area contributed by atoms with Crippen LogP contribution in [-0.2, 0) is 6.18 Å². The molecule has 136 valence electrons. The van der Waals surface area contributed by atoms with Gasteiger partial charge in [-0.2, -0.15) is 13.2 Å². The van der Waals surface area contributed by atoms with Crippen molar-refractivity contribution in [3.05, 3.63) is 53.0 Å². The van der Waals surface area contributed by atoms with E-state index in [4.69, 9.17) is 4.42 Å². The summed E-state index contributed by atoms with van der Waals surface area (Å²) in [6.45, 7) is 3.65. The lowest BCUT2D eigenvalue weighted by atomic mass is 10.1. The molecule has 25 heavy (non-hydrogen) atoms. The van der Waals surface area contributed by atoms with Crippen LogP contribution in [0.3, 0.4) is 0 Å². The van der Waals surface area contributed by atoms with Crippen molar-refractivity contribution in [1.29, 1.82) is 0 Å². The second kappa shape index (κ2) is 7.60. The number of aliphatic hydroxyl groups is 1. The van der Waals surface area contributed by atoms with Crippen molar-refractivity contribution in [3.8, 4) is 0 Å². The summed E-state index contributed by atoms with van der Waals surface area (Å²) in [5, 5.41) is 14.9. The van der Waals surface area contributed by atoms with Gasteiger partial charge in [-0.1, -0.05) is 6.07 Å². The predicted molar refractivity (Wildman–Crippen MR) is 86.2 cm³/mol. The molecule has 0 aliphatic rings. The van der Waals surface area contributed by atoms with Crippen LogP contribution in [0.5, 0.6) is 0 Å². The molecule has 8 heteroatoms. The van der Waals surface area contributed by atoms with Crippen molar-refractivity contribution >= 4 is 11.7 Å². The summed E-state index contributed by atoms with van der Waals surface area (Å²) < 4.78 is 43.2. The average molecular weight is 356 g/mol. The average Bonchev–Trinajstić information content (AvgIpc) is 2.85. The van der Waals surface area contributed by atoms with Gasteiger partial charge in [-0.05, 0) is 44.5 Å². The van der Waals surface area contributed by atoms with E-state index >= 15 is 0 Å². The number of anilines is 1. The van der Waals surface area contributed by atoms with Gasteiger partial charge in [0.25, 0.3) is 0 Å². The monoisotopic (exact) mass is 356 g/mol. The fraction of sp³-hybridized carbons (Fsp3) is 0.353. The molecule has 1 atom stereocenters. The van der Waals surface area contributed by atoms with Crippen LogP contribution in [0, 0.1) is 13.8 Å². The van der Waals surface area contributed by atoms with Gasteiger partial charge in [-0.3, -0.25) is 0 Å². The molecule has 5 nitrogen and oxygen atoms in total.